The summed E-state index contributed by atoms with van der Waals surface area (Å²) in [5, 5.41) is 2.58. The fraction of sp³-hybridized carbons (Fsp3) is 0.269. The Balaban J connectivity index is 1.62. The molecule has 1 atom stereocenters. The highest BCUT2D eigenvalue weighted by Crippen LogP contribution is 2.46. The summed E-state index contributed by atoms with van der Waals surface area (Å²) < 4.78 is 17.9. The molecule has 2 aromatic carbocycles. The van der Waals surface area contributed by atoms with E-state index in [0.29, 0.717) is 24.3 Å². The van der Waals surface area contributed by atoms with Crippen LogP contribution in [-0.2, 0) is 20.8 Å². The Hall–Kier alpha value is -3.32. The van der Waals surface area contributed by atoms with E-state index in [9.17, 15) is 4.57 Å². The Morgan fingerprint density at radius 1 is 1.09 bits per heavy atom. The molecule has 0 aliphatic heterocycles. The van der Waals surface area contributed by atoms with E-state index >= 15 is 0 Å². The van der Waals surface area contributed by atoms with Crippen LogP contribution in [-0.4, -0.2) is 28.2 Å². The maximum absolute atomic E-state index is 12.5. The van der Waals surface area contributed by atoms with Gasteiger partial charge < -0.3 is 10.3 Å². The summed E-state index contributed by atoms with van der Waals surface area (Å²) in [4.78, 5) is 13.5. The standard InChI is InChI=1S/C26H31N6O2P/c1-5-34-35(4,33)17-18-8-10-19(11-9-18)23-16-30-24(27)25(31-23)32(28)26(2,3)21-12-13-22-20(15-21)7-6-14-29-22/h6-16H,5,17,28H2,1-4H3,(H2,27,30). The quantitative estimate of drug-likeness (QED) is 0.193. The van der Waals surface area contributed by atoms with Crippen LogP contribution < -0.4 is 16.6 Å². The molecule has 0 radical (unpaired) electrons. The van der Waals surface area contributed by atoms with Gasteiger partial charge in [0, 0.05) is 30.0 Å². The second-order valence-electron chi connectivity index (χ2n) is 9.09. The topological polar surface area (TPSA) is 120 Å². The number of hydrogen-bond donors (Lipinski definition) is 2. The predicted molar refractivity (Wildman–Crippen MR) is 142 cm³/mol. The zero-order valence-corrected chi connectivity index (χ0v) is 21.4. The van der Waals surface area contributed by atoms with Crippen LogP contribution in [0.3, 0.4) is 0 Å². The second-order valence-corrected chi connectivity index (χ2v) is 11.7. The SMILES string of the molecule is CCOP(C)(=O)Cc1ccc(-c2cnc(N)c(N(N)C(C)(C)c3ccc4ncccc4c3)n2)cc1. The second kappa shape index (κ2) is 9.74. The highest BCUT2D eigenvalue weighted by Gasteiger charge is 2.30. The maximum atomic E-state index is 12.5. The largest absolute Gasteiger partial charge is 0.381 e. The average Bonchev–Trinajstić information content (AvgIpc) is 2.84. The van der Waals surface area contributed by atoms with Crippen molar-refractivity contribution in [1.29, 1.82) is 0 Å². The van der Waals surface area contributed by atoms with Crippen molar-refractivity contribution < 1.29 is 9.09 Å². The number of fused-ring (bicyclic) bond motifs is 1. The number of rotatable bonds is 8. The predicted octanol–water partition coefficient (Wildman–Crippen LogP) is 5.33. The Labute approximate surface area is 205 Å². The number of anilines is 2. The van der Waals surface area contributed by atoms with Gasteiger partial charge in [-0.1, -0.05) is 36.4 Å². The van der Waals surface area contributed by atoms with E-state index in [2.05, 4.69) is 16.0 Å². The van der Waals surface area contributed by atoms with Crippen LogP contribution in [0.5, 0.6) is 0 Å². The molecule has 2 heterocycles. The van der Waals surface area contributed by atoms with E-state index in [-0.39, 0.29) is 5.82 Å². The molecular weight excluding hydrogens is 459 g/mol. The fourth-order valence-electron chi connectivity index (χ4n) is 4.00. The van der Waals surface area contributed by atoms with Crippen molar-refractivity contribution in [3.63, 3.8) is 0 Å². The maximum Gasteiger partial charge on any atom is 0.204 e. The molecule has 2 aromatic heterocycles. The third-order valence-electron chi connectivity index (χ3n) is 6.04. The summed E-state index contributed by atoms with van der Waals surface area (Å²) in [6, 6.07) is 17.7. The molecule has 0 bridgehead atoms. The fourth-order valence-corrected chi connectivity index (χ4v) is 5.51. The number of nitrogen functional groups attached to an aromatic ring is 1. The van der Waals surface area contributed by atoms with Gasteiger partial charge in [0.1, 0.15) is 0 Å². The molecule has 182 valence electrons. The molecule has 0 spiro atoms. The first-order valence-electron chi connectivity index (χ1n) is 11.4. The van der Waals surface area contributed by atoms with Gasteiger partial charge in [-0.3, -0.25) is 14.6 Å². The van der Waals surface area contributed by atoms with Crippen LogP contribution in [0, 0.1) is 0 Å². The van der Waals surface area contributed by atoms with Crippen LogP contribution in [0.2, 0.25) is 0 Å². The third-order valence-corrected chi connectivity index (χ3v) is 7.79. The van der Waals surface area contributed by atoms with Crippen LogP contribution >= 0.6 is 7.37 Å². The highest BCUT2D eigenvalue weighted by molar-refractivity contribution is 7.57. The van der Waals surface area contributed by atoms with Gasteiger partial charge >= 0.3 is 0 Å². The molecule has 1 unspecified atom stereocenters. The number of hydrazine groups is 1. The van der Waals surface area contributed by atoms with Crippen molar-refractivity contribution in [2.75, 3.05) is 24.0 Å². The lowest BCUT2D eigenvalue weighted by molar-refractivity contribution is 0.336. The van der Waals surface area contributed by atoms with Gasteiger partial charge in [-0.05, 0) is 50.1 Å². The lowest BCUT2D eigenvalue weighted by Gasteiger charge is -2.36. The minimum atomic E-state index is -2.66. The van der Waals surface area contributed by atoms with Crippen molar-refractivity contribution in [3.8, 4) is 11.3 Å². The minimum Gasteiger partial charge on any atom is -0.381 e. The highest BCUT2D eigenvalue weighted by atomic mass is 31.2. The van der Waals surface area contributed by atoms with Gasteiger partial charge in [0.2, 0.25) is 7.37 Å². The Morgan fingerprint density at radius 2 is 1.83 bits per heavy atom. The Bertz CT molecular complexity index is 1390. The van der Waals surface area contributed by atoms with E-state index in [4.69, 9.17) is 21.1 Å². The molecule has 4 N–H and O–H groups in total. The normalized spacial score (nSPS) is 13.5. The third kappa shape index (κ3) is 5.35. The summed E-state index contributed by atoms with van der Waals surface area (Å²) in [7, 11) is -2.66. The molecular formula is C26H31N6O2P. The van der Waals surface area contributed by atoms with Crippen molar-refractivity contribution in [1.82, 2.24) is 15.0 Å². The Morgan fingerprint density at radius 3 is 2.54 bits per heavy atom. The number of hydrogen-bond acceptors (Lipinski definition) is 8. The van der Waals surface area contributed by atoms with Gasteiger partial charge in [0.05, 0.1) is 29.6 Å². The average molecular weight is 491 g/mol. The number of benzene rings is 2. The molecule has 35 heavy (non-hydrogen) atoms. The molecule has 0 fully saturated rings. The number of pyridine rings is 1. The molecule has 9 heteroatoms. The van der Waals surface area contributed by atoms with Gasteiger partial charge in [0.15, 0.2) is 11.6 Å². The van der Waals surface area contributed by atoms with E-state index in [0.717, 1.165) is 27.6 Å². The van der Waals surface area contributed by atoms with E-state index in [1.54, 1.807) is 24.1 Å². The number of nitrogens with two attached hydrogens (primary N) is 2. The van der Waals surface area contributed by atoms with Crippen LogP contribution in [0.15, 0.2) is 67.0 Å². The molecule has 4 rings (SSSR count). The lowest BCUT2D eigenvalue weighted by Crippen LogP contribution is -2.47. The van der Waals surface area contributed by atoms with E-state index in [1.165, 1.54) is 0 Å². The monoisotopic (exact) mass is 490 g/mol. The first-order valence-corrected chi connectivity index (χ1v) is 13.7. The van der Waals surface area contributed by atoms with Crippen LogP contribution in [0.1, 0.15) is 31.9 Å². The van der Waals surface area contributed by atoms with E-state index < -0.39 is 12.9 Å². The molecule has 0 amide bonds. The van der Waals surface area contributed by atoms with Crippen molar-refractivity contribution in [2.24, 2.45) is 5.84 Å². The van der Waals surface area contributed by atoms with Crippen molar-refractivity contribution in [2.45, 2.75) is 32.5 Å². The summed E-state index contributed by atoms with van der Waals surface area (Å²) in [5.74, 6) is 7.24. The van der Waals surface area contributed by atoms with Gasteiger partial charge in [-0.25, -0.2) is 15.8 Å². The summed E-state index contributed by atoms with van der Waals surface area (Å²) in [5.41, 5.74) is 9.92. The minimum absolute atomic E-state index is 0.243. The van der Waals surface area contributed by atoms with Gasteiger partial charge in [0.25, 0.3) is 0 Å². The number of aromatic nitrogens is 3. The summed E-state index contributed by atoms with van der Waals surface area (Å²) >= 11 is 0. The molecule has 0 aliphatic rings. The zero-order chi connectivity index (χ0) is 25.2. The lowest BCUT2D eigenvalue weighted by atomic mass is 9.92. The van der Waals surface area contributed by atoms with Crippen LogP contribution in [0.4, 0.5) is 11.6 Å². The van der Waals surface area contributed by atoms with Crippen LogP contribution in [0.25, 0.3) is 22.2 Å². The molecule has 0 saturated heterocycles. The summed E-state index contributed by atoms with van der Waals surface area (Å²) in [6.07, 6.45) is 3.78. The molecule has 4 aromatic rings. The number of nitrogens with zero attached hydrogens (tertiary/aromatic N) is 4. The van der Waals surface area contributed by atoms with Crippen molar-refractivity contribution in [3.05, 3.63) is 78.1 Å². The molecule has 0 aliphatic carbocycles. The molecule has 8 nitrogen and oxygen atoms in total. The first kappa shape index (κ1) is 24.8. The summed E-state index contributed by atoms with van der Waals surface area (Å²) in [6.45, 7) is 7.95. The smallest absolute Gasteiger partial charge is 0.204 e. The van der Waals surface area contributed by atoms with Gasteiger partial charge in [-0.2, -0.15) is 0 Å². The van der Waals surface area contributed by atoms with E-state index in [1.807, 2.05) is 69.3 Å². The van der Waals surface area contributed by atoms with Crippen molar-refractivity contribution >= 4 is 29.9 Å². The zero-order valence-electron chi connectivity index (χ0n) is 20.5. The Kier molecular flexibility index (Phi) is 6.90. The first-order chi connectivity index (χ1) is 16.6. The molecule has 0 saturated carbocycles. The van der Waals surface area contributed by atoms with Gasteiger partial charge in [-0.15, -0.1) is 0 Å².